The molecule has 0 aromatic heterocycles. The molecule has 0 saturated carbocycles. The number of hydrogen-bond acceptors (Lipinski definition) is 3. The average Bonchev–Trinajstić information content (AvgIpc) is 2.79. The van der Waals surface area contributed by atoms with Gasteiger partial charge in [0.2, 0.25) is 0 Å². The second kappa shape index (κ2) is 7.04. The molecule has 1 fully saturated rings. The highest BCUT2D eigenvalue weighted by atomic mass is 32.2. The molecule has 2 rings (SSSR count). The molecule has 0 bridgehead atoms. The zero-order valence-electron chi connectivity index (χ0n) is 10.2. The van der Waals surface area contributed by atoms with Crippen molar-refractivity contribution in [3.8, 4) is 0 Å². The van der Waals surface area contributed by atoms with Crippen molar-refractivity contribution in [1.29, 1.82) is 0 Å². The standard InChI is InChI=1S/C14H21NOS/c16-10-7-13-6-8-15(12-13)9-11-17-14-4-2-1-3-5-14/h1-5,13,16H,6-12H2. The van der Waals surface area contributed by atoms with E-state index in [-0.39, 0.29) is 0 Å². The largest absolute Gasteiger partial charge is 0.396 e. The van der Waals surface area contributed by atoms with Gasteiger partial charge in [-0.2, -0.15) is 0 Å². The van der Waals surface area contributed by atoms with Gasteiger partial charge in [-0.15, -0.1) is 11.8 Å². The van der Waals surface area contributed by atoms with E-state index >= 15 is 0 Å². The minimum absolute atomic E-state index is 0.345. The molecule has 1 atom stereocenters. The van der Waals surface area contributed by atoms with Gasteiger partial charge in [-0.3, -0.25) is 0 Å². The third kappa shape index (κ3) is 4.34. The zero-order valence-corrected chi connectivity index (χ0v) is 11.0. The summed E-state index contributed by atoms with van der Waals surface area (Å²) in [4.78, 5) is 3.88. The molecule has 0 spiro atoms. The van der Waals surface area contributed by atoms with Gasteiger partial charge in [-0.1, -0.05) is 18.2 Å². The van der Waals surface area contributed by atoms with E-state index in [1.165, 1.54) is 31.0 Å². The highest BCUT2D eigenvalue weighted by molar-refractivity contribution is 7.99. The molecule has 2 nitrogen and oxygen atoms in total. The fourth-order valence-electron chi connectivity index (χ4n) is 2.34. The van der Waals surface area contributed by atoms with Crippen molar-refractivity contribution in [2.75, 3.05) is 32.0 Å². The van der Waals surface area contributed by atoms with Crippen LogP contribution in [0, 0.1) is 5.92 Å². The van der Waals surface area contributed by atoms with Crippen LogP contribution in [0.2, 0.25) is 0 Å². The van der Waals surface area contributed by atoms with Crippen LogP contribution in [-0.2, 0) is 0 Å². The molecule has 1 heterocycles. The van der Waals surface area contributed by atoms with Crippen molar-refractivity contribution < 1.29 is 5.11 Å². The number of thioether (sulfide) groups is 1. The molecule has 0 aliphatic carbocycles. The van der Waals surface area contributed by atoms with Gasteiger partial charge < -0.3 is 10.0 Å². The second-order valence-electron chi connectivity index (χ2n) is 4.63. The van der Waals surface area contributed by atoms with Gasteiger partial charge in [0.25, 0.3) is 0 Å². The Labute approximate surface area is 108 Å². The Bertz CT molecular complexity index is 317. The third-order valence-corrected chi connectivity index (χ3v) is 4.32. The van der Waals surface area contributed by atoms with Gasteiger partial charge in [0.15, 0.2) is 0 Å². The highest BCUT2D eigenvalue weighted by Gasteiger charge is 2.21. The quantitative estimate of drug-likeness (QED) is 0.786. The number of aliphatic hydroxyl groups is 1. The molecule has 0 radical (unpaired) electrons. The SMILES string of the molecule is OCCC1CCN(CCSc2ccccc2)C1. The summed E-state index contributed by atoms with van der Waals surface area (Å²) in [6, 6.07) is 10.6. The number of hydrogen-bond donors (Lipinski definition) is 1. The lowest BCUT2D eigenvalue weighted by atomic mass is 10.1. The van der Waals surface area contributed by atoms with Gasteiger partial charge in [-0.25, -0.2) is 0 Å². The summed E-state index contributed by atoms with van der Waals surface area (Å²) in [6.07, 6.45) is 2.24. The van der Waals surface area contributed by atoms with Crippen molar-refractivity contribution in [2.24, 2.45) is 5.92 Å². The Balaban J connectivity index is 1.63. The molecule has 17 heavy (non-hydrogen) atoms. The van der Waals surface area contributed by atoms with Crippen LogP contribution < -0.4 is 0 Å². The van der Waals surface area contributed by atoms with Crippen LogP contribution in [0.4, 0.5) is 0 Å². The molecular weight excluding hydrogens is 230 g/mol. The molecule has 1 aliphatic heterocycles. The van der Waals surface area contributed by atoms with Gasteiger partial charge in [-0.05, 0) is 37.4 Å². The minimum Gasteiger partial charge on any atom is -0.396 e. The number of benzene rings is 1. The van der Waals surface area contributed by atoms with Crippen molar-refractivity contribution in [3.63, 3.8) is 0 Å². The predicted molar refractivity (Wildman–Crippen MR) is 73.4 cm³/mol. The summed E-state index contributed by atoms with van der Waals surface area (Å²) in [6.45, 7) is 3.90. The Morgan fingerprint density at radius 1 is 1.29 bits per heavy atom. The molecule has 0 amide bonds. The topological polar surface area (TPSA) is 23.5 Å². The van der Waals surface area contributed by atoms with E-state index in [1.807, 2.05) is 11.8 Å². The van der Waals surface area contributed by atoms with E-state index in [0.717, 1.165) is 18.1 Å². The molecule has 1 N–H and O–H groups in total. The fourth-order valence-corrected chi connectivity index (χ4v) is 3.28. The Morgan fingerprint density at radius 3 is 2.88 bits per heavy atom. The van der Waals surface area contributed by atoms with Gasteiger partial charge >= 0.3 is 0 Å². The van der Waals surface area contributed by atoms with E-state index in [1.54, 1.807) is 0 Å². The number of nitrogens with zero attached hydrogens (tertiary/aromatic N) is 1. The van der Waals surface area contributed by atoms with Crippen molar-refractivity contribution in [1.82, 2.24) is 4.90 Å². The van der Waals surface area contributed by atoms with E-state index in [2.05, 4.69) is 35.2 Å². The molecule has 1 aliphatic rings. The average molecular weight is 251 g/mol. The molecule has 1 unspecified atom stereocenters. The van der Waals surface area contributed by atoms with E-state index in [4.69, 9.17) is 5.11 Å². The van der Waals surface area contributed by atoms with E-state index < -0.39 is 0 Å². The number of likely N-dealkylation sites (tertiary alicyclic amines) is 1. The van der Waals surface area contributed by atoms with Crippen LogP contribution in [-0.4, -0.2) is 42.0 Å². The van der Waals surface area contributed by atoms with Gasteiger partial charge in [0, 0.05) is 30.3 Å². The monoisotopic (exact) mass is 251 g/mol. The van der Waals surface area contributed by atoms with E-state index in [9.17, 15) is 0 Å². The summed E-state index contributed by atoms with van der Waals surface area (Å²) in [5.74, 6) is 1.89. The van der Waals surface area contributed by atoms with Crippen LogP contribution >= 0.6 is 11.8 Å². The summed E-state index contributed by atoms with van der Waals surface area (Å²) in [5, 5.41) is 8.92. The molecular formula is C14H21NOS. The maximum absolute atomic E-state index is 8.92. The lowest BCUT2D eigenvalue weighted by molar-refractivity contribution is 0.253. The first-order valence-electron chi connectivity index (χ1n) is 6.39. The predicted octanol–water partition coefficient (Wildman–Crippen LogP) is 2.48. The smallest absolute Gasteiger partial charge is 0.0434 e. The number of rotatable bonds is 6. The Kier molecular flexibility index (Phi) is 5.36. The molecule has 1 saturated heterocycles. The Morgan fingerprint density at radius 2 is 2.12 bits per heavy atom. The molecule has 1 aromatic rings. The number of aliphatic hydroxyl groups excluding tert-OH is 1. The van der Waals surface area contributed by atoms with Crippen LogP contribution in [0.5, 0.6) is 0 Å². The first kappa shape index (κ1) is 12.9. The molecule has 1 aromatic carbocycles. The summed E-state index contributed by atoms with van der Waals surface area (Å²) in [5.41, 5.74) is 0. The normalized spacial score (nSPS) is 20.9. The van der Waals surface area contributed by atoms with Gasteiger partial charge in [0.1, 0.15) is 0 Å². The molecule has 94 valence electrons. The van der Waals surface area contributed by atoms with Crippen molar-refractivity contribution in [3.05, 3.63) is 30.3 Å². The van der Waals surface area contributed by atoms with Gasteiger partial charge in [0.05, 0.1) is 0 Å². The van der Waals surface area contributed by atoms with E-state index in [0.29, 0.717) is 6.61 Å². The zero-order chi connectivity index (χ0) is 11.9. The van der Waals surface area contributed by atoms with Crippen molar-refractivity contribution >= 4 is 11.8 Å². The second-order valence-corrected chi connectivity index (χ2v) is 5.80. The summed E-state index contributed by atoms with van der Waals surface area (Å²) >= 11 is 1.93. The first-order valence-corrected chi connectivity index (χ1v) is 7.38. The van der Waals surface area contributed by atoms with Crippen molar-refractivity contribution in [2.45, 2.75) is 17.7 Å². The lowest BCUT2D eigenvalue weighted by Crippen LogP contribution is -2.23. The van der Waals surface area contributed by atoms with Crippen LogP contribution in [0.1, 0.15) is 12.8 Å². The van der Waals surface area contributed by atoms with Crippen LogP contribution in [0.15, 0.2) is 35.2 Å². The lowest BCUT2D eigenvalue weighted by Gasteiger charge is -2.15. The van der Waals surface area contributed by atoms with Crippen LogP contribution in [0.25, 0.3) is 0 Å². The van der Waals surface area contributed by atoms with Crippen LogP contribution in [0.3, 0.4) is 0 Å². The third-order valence-electron chi connectivity index (χ3n) is 3.33. The summed E-state index contributed by atoms with van der Waals surface area (Å²) < 4.78 is 0. The minimum atomic E-state index is 0.345. The Hall–Kier alpha value is -0.510. The first-order chi connectivity index (χ1) is 8.38. The highest BCUT2D eigenvalue weighted by Crippen LogP contribution is 2.21. The maximum Gasteiger partial charge on any atom is 0.0434 e. The fraction of sp³-hybridized carbons (Fsp3) is 0.571. The molecule has 3 heteroatoms. The summed E-state index contributed by atoms with van der Waals surface area (Å²) in [7, 11) is 0. The maximum atomic E-state index is 8.92.